The molecule has 56 heavy (non-hydrogen) atoms. The van der Waals surface area contributed by atoms with E-state index >= 15 is 0 Å². The summed E-state index contributed by atoms with van der Waals surface area (Å²) in [6.07, 6.45) is 9.37. The summed E-state index contributed by atoms with van der Waals surface area (Å²) in [4.78, 5) is 15.5. The molecule has 0 bridgehead atoms. The number of aromatic nitrogens is 3. The number of allylic oxidation sites excluding steroid dienone is 4. The first-order chi connectivity index (χ1) is 27.7. The lowest BCUT2D eigenvalue weighted by Gasteiger charge is -2.39. The second-order valence-electron chi connectivity index (χ2n) is 14.7. The Balaban J connectivity index is 1.04. The molecule has 1 aliphatic heterocycles. The highest BCUT2D eigenvalue weighted by Crippen LogP contribution is 2.62. The number of para-hydroxylation sites is 1. The van der Waals surface area contributed by atoms with Crippen LogP contribution in [0.1, 0.15) is 40.4 Å². The van der Waals surface area contributed by atoms with Gasteiger partial charge in [-0.05, 0) is 75.2 Å². The number of ether oxygens (including phenoxy) is 1. The number of benzene rings is 7. The van der Waals surface area contributed by atoms with Crippen LogP contribution in [0.15, 0.2) is 194 Å². The van der Waals surface area contributed by atoms with Crippen molar-refractivity contribution in [2.75, 3.05) is 0 Å². The molecule has 1 atom stereocenters. The zero-order valence-electron chi connectivity index (χ0n) is 30.5. The van der Waals surface area contributed by atoms with E-state index in [4.69, 9.17) is 19.7 Å². The molecule has 4 nitrogen and oxygen atoms in total. The average molecular weight is 718 g/mol. The van der Waals surface area contributed by atoms with Gasteiger partial charge in [0.05, 0.1) is 5.41 Å². The Labute approximate surface area is 326 Å². The summed E-state index contributed by atoms with van der Waals surface area (Å²) in [5.74, 6) is 3.82. The zero-order valence-corrected chi connectivity index (χ0v) is 30.5. The Kier molecular flexibility index (Phi) is 7.49. The molecule has 0 saturated heterocycles. The predicted octanol–water partition coefficient (Wildman–Crippen LogP) is 12.6. The summed E-state index contributed by atoms with van der Waals surface area (Å²) in [6, 6.07) is 60.3. The summed E-state index contributed by atoms with van der Waals surface area (Å²) >= 11 is 0. The third-order valence-electron chi connectivity index (χ3n) is 11.5. The second kappa shape index (κ2) is 13.0. The normalized spacial score (nSPS) is 15.4. The fourth-order valence-electron chi connectivity index (χ4n) is 8.88. The van der Waals surface area contributed by atoms with Crippen molar-refractivity contribution < 1.29 is 4.74 Å². The molecule has 11 rings (SSSR count). The van der Waals surface area contributed by atoms with Gasteiger partial charge in [-0.1, -0.05) is 170 Å². The summed E-state index contributed by atoms with van der Waals surface area (Å²) in [6.45, 7) is 0. The summed E-state index contributed by atoms with van der Waals surface area (Å²) in [5.41, 5.74) is 13.2. The van der Waals surface area contributed by atoms with Gasteiger partial charge in [0.1, 0.15) is 17.3 Å². The lowest BCUT2D eigenvalue weighted by atomic mass is 9.66. The van der Waals surface area contributed by atoms with Gasteiger partial charge in [0.15, 0.2) is 11.6 Å². The van der Waals surface area contributed by atoms with E-state index in [1.165, 1.54) is 33.4 Å². The first kappa shape index (κ1) is 32.3. The molecule has 0 fully saturated rings. The van der Waals surface area contributed by atoms with Crippen LogP contribution in [0.25, 0.3) is 56.2 Å². The van der Waals surface area contributed by atoms with Gasteiger partial charge < -0.3 is 4.74 Å². The molecule has 2 aliphatic carbocycles. The minimum absolute atomic E-state index is 0.0515. The van der Waals surface area contributed by atoms with Crippen LogP contribution in [0.5, 0.6) is 11.5 Å². The van der Waals surface area contributed by atoms with Crippen molar-refractivity contribution in [3.05, 3.63) is 222 Å². The van der Waals surface area contributed by atoms with Gasteiger partial charge in [-0.3, -0.25) is 0 Å². The van der Waals surface area contributed by atoms with E-state index in [2.05, 4.69) is 188 Å². The van der Waals surface area contributed by atoms with E-state index in [0.717, 1.165) is 57.1 Å². The van der Waals surface area contributed by atoms with Gasteiger partial charge in [0, 0.05) is 28.2 Å². The summed E-state index contributed by atoms with van der Waals surface area (Å²) < 4.78 is 6.70. The Morgan fingerprint density at radius 1 is 0.429 bits per heavy atom. The van der Waals surface area contributed by atoms with E-state index < -0.39 is 5.41 Å². The maximum atomic E-state index is 6.70. The van der Waals surface area contributed by atoms with Gasteiger partial charge in [-0.25, -0.2) is 15.0 Å². The highest BCUT2D eigenvalue weighted by Gasteiger charge is 2.51. The zero-order chi connectivity index (χ0) is 37.1. The number of fused-ring (bicyclic) bond motifs is 9. The van der Waals surface area contributed by atoms with Crippen molar-refractivity contribution in [3.8, 4) is 67.7 Å². The Morgan fingerprint density at radius 3 is 1.59 bits per heavy atom. The molecular weight excluding hydrogens is 683 g/mol. The van der Waals surface area contributed by atoms with Crippen molar-refractivity contribution in [2.45, 2.75) is 17.8 Å². The molecular formula is C52H35N3O. The van der Waals surface area contributed by atoms with E-state index in [-0.39, 0.29) is 5.92 Å². The molecule has 0 saturated carbocycles. The van der Waals surface area contributed by atoms with Crippen LogP contribution in [0.3, 0.4) is 0 Å². The van der Waals surface area contributed by atoms with Crippen LogP contribution in [-0.2, 0) is 5.41 Å². The Morgan fingerprint density at radius 2 is 0.946 bits per heavy atom. The van der Waals surface area contributed by atoms with Crippen molar-refractivity contribution in [1.29, 1.82) is 0 Å². The molecule has 4 heteroatoms. The maximum Gasteiger partial charge on any atom is 0.163 e. The number of hydrogen-bond donors (Lipinski definition) is 0. The van der Waals surface area contributed by atoms with Crippen molar-refractivity contribution in [1.82, 2.24) is 15.0 Å². The fourth-order valence-corrected chi connectivity index (χ4v) is 8.88. The van der Waals surface area contributed by atoms with Crippen molar-refractivity contribution in [2.24, 2.45) is 0 Å². The fraction of sp³-hybridized carbons (Fsp3) is 0.0577. The minimum atomic E-state index is -0.571. The smallest absolute Gasteiger partial charge is 0.163 e. The number of rotatable bonds is 5. The molecule has 1 spiro atoms. The van der Waals surface area contributed by atoms with E-state index in [1.807, 2.05) is 6.07 Å². The molecule has 0 N–H and O–H groups in total. The quantitative estimate of drug-likeness (QED) is 0.178. The molecule has 8 aromatic rings. The van der Waals surface area contributed by atoms with Gasteiger partial charge in [0.2, 0.25) is 0 Å². The largest absolute Gasteiger partial charge is 0.457 e. The number of nitrogens with zero attached hydrogens (tertiary/aromatic N) is 3. The molecule has 1 aromatic heterocycles. The van der Waals surface area contributed by atoms with Crippen LogP contribution in [0.2, 0.25) is 0 Å². The maximum absolute atomic E-state index is 6.70. The first-order valence-electron chi connectivity index (χ1n) is 19.2. The average Bonchev–Trinajstić information content (AvgIpc) is 3.57. The number of hydrogen-bond acceptors (Lipinski definition) is 4. The monoisotopic (exact) mass is 717 g/mol. The summed E-state index contributed by atoms with van der Waals surface area (Å²) in [7, 11) is 0. The van der Waals surface area contributed by atoms with Crippen LogP contribution in [0.4, 0.5) is 0 Å². The van der Waals surface area contributed by atoms with Gasteiger partial charge >= 0.3 is 0 Å². The molecule has 264 valence electrons. The van der Waals surface area contributed by atoms with Crippen LogP contribution in [-0.4, -0.2) is 15.0 Å². The van der Waals surface area contributed by atoms with Crippen molar-refractivity contribution in [3.63, 3.8) is 0 Å². The molecule has 7 aromatic carbocycles. The SMILES string of the molecule is C1=CCC(c2nc(-c3ccc(-c4ccc(-c5ccccc5)cc4)cc3)nc(-c3ccc4c(c3)C3(c5ccccc5O4)c4ccccc4-c4ccccc43)n2)C=C1. The van der Waals surface area contributed by atoms with Crippen LogP contribution >= 0.6 is 0 Å². The highest BCUT2D eigenvalue weighted by molar-refractivity contribution is 5.89. The standard InChI is InChI=1S/C52H35N3O/c1-3-13-34(14-4-1)35-23-25-36(26-24-35)37-27-29-39(30-28-37)50-53-49(38-15-5-2-6-16-38)54-51(55-50)40-31-32-48-46(33-40)52(45-21-11-12-22-47(45)56-48)43-19-9-7-17-41(43)42-18-8-10-20-44(42)52/h1-15,17-33,38H,16H2. The third-order valence-corrected chi connectivity index (χ3v) is 11.5. The van der Waals surface area contributed by atoms with Gasteiger partial charge in [-0.15, -0.1) is 0 Å². The van der Waals surface area contributed by atoms with Crippen LogP contribution in [0, 0.1) is 0 Å². The van der Waals surface area contributed by atoms with E-state index in [0.29, 0.717) is 11.6 Å². The summed E-state index contributed by atoms with van der Waals surface area (Å²) in [5, 5.41) is 0. The lowest BCUT2D eigenvalue weighted by Crippen LogP contribution is -2.32. The Hall–Kier alpha value is -7.17. The van der Waals surface area contributed by atoms with E-state index in [9.17, 15) is 0 Å². The van der Waals surface area contributed by atoms with Crippen molar-refractivity contribution >= 4 is 0 Å². The molecule has 0 radical (unpaired) electrons. The highest BCUT2D eigenvalue weighted by atomic mass is 16.5. The molecule has 3 aliphatic rings. The molecule has 0 amide bonds. The molecule has 2 heterocycles. The predicted molar refractivity (Wildman–Crippen MR) is 225 cm³/mol. The lowest BCUT2D eigenvalue weighted by molar-refractivity contribution is 0.436. The third kappa shape index (κ3) is 5.10. The topological polar surface area (TPSA) is 47.9 Å². The van der Waals surface area contributed by atoms with Gasteiger partial charge in [0.25, 0.3) is 0 Å². The van der Waals surface area contributed by atoms with E-state index in [1.54, 1.807) is 0 Å². The van der Waals surface area contributed by atoms with Crippen LogP contribution < -0.4 is 4.74 Å². The minimum Gasteiger partial charge on any atom is -0.457 e. The molecule has 1 unspecified atom stereocenters. The Bertz CT molecular complexity index is 2810. The first-order valence-corrected chi connectivity index (χ1v) is 19.2. The van der Waals surface area contributed by atoms with Gasteiger partial charge in [-0.2, -0.15) is 0 Å². The second-order valence-corrected chi connectivity index (χ2v) is 14.7.